The minimum Gasteiger partial charge on any atom is -0.355 e. The third kappa shape index (κ3) is 4.93. The molecule has 7 heteroatoms. The number of para-hydroxylation sites is 1. The molecule has 1 amide bonds. The first-order chi connectivity index (χ1) is 14.3. The molecule has 146 valence electrons. The van der Waals surface area contributed by atoms with E-state index in [2.05, 4.69) is 27.0 Å². The zero-order valence-corrected chi connectivity index (χ0v) is 17.3. The van der Waals surface area contributed by atoms with Gasteiger partial charge in [-0.05, 0) is 40.9 Å². The first kappa shape index (κ1) is 19.4. The molecule has 2 aromatic heterocycles. The van der Waals surface area contributed by atoms with E-state index in [0.717, 1.165) is 23.5 Å². The second-order valence-corrected chi connectivity index (χ2v) is 8.09. The van der Waals surface area contributed by atoms with Crippen LogP contribution in [-0.2, 0) is 11.2 Å². The zero-order valence-electron chi connectivity index (χ0n) is 15.7. The Labute approximate surface area is 177 Å². The fourth-order valence-electron chi connectivity index (χ4n) is 2.91. The lowest BCUT2D eigenvalue weighted by molar-refractivity contribution is -0.118. The van der Waals surface area contributed by atoms with E-state index in [1.165, 1.54) is 17.3 Å². The molecule has 0 spiro atoms. The molecule has 0 fully saturated rings. The van der Waals surface area contributed by atoms with Gasteiger partial charge in [0.15, 0.2) is 11.0 Å². The lowest BCUT2D eigenvalue weighted by atomic mass is 10.2. The van der Waals surface area contributed by atoms with Gasteiger partial charge in [0, 0.05) is 17.8 Å². The molecule has 0 bridgehead atoms. The number of hydrogen-bond donors (Lipinski definition) is 1. The molecule has 4 rings (SSSR count). The highest BCUT2D eigenvalue weighted by Crippen LogP contribution is 2.27. The fourth-order valence-corrected chi connectivity index (χ4v) is 4.39. The van der Waals surface area contributed by atoms with Crippen LogP contribution in [0.2, 0.25) is 0 Å². The molecule has 29 heavy (non-hydrogen) atoms. The summed E-state index contributed by atoms with van der Waals surface area (Å²) >= 11 is 3.06. The third-order valence-corrected chi connectivity index (χ3v) is 5.99. The summed E-state index contributed by atoms with van der Waals surface area (Å²) in [5, 5.41) is 16.6. The number of thioether (sulfide) groups is 1. The number of amides is 1. The van der Waals surface area contributed by atoms with Crippen molar-refractivity contribution >= 4 is 29.0 Å². The Bertz CT molecular complexity index is 1050. The van der Waals surface area contributed by atoms with Crippen LogP contribution in [-0.4, -0.2) is 33.0 Å². The van der Waals surface area contributed by atoms with Gasteiger partial charge in [0.1, 0.15) is 0 Å². The Balaban J connectivity index is 1.47. The summed E-state index contributed by atoms with van der Waals surface area (Å²) in [6.07, 6.45) is 0.845. The molecular weight excluding hydrogens is 400 g/mol. The highest BCUT2D eigenvalue weighted by molar-refractivity contribution is 7.99. The number of carbonyl (C=O) groups is 1. The van der Waals surface area contributed by atoms with E-state index in [4.69, 9.17) is 0 Å². The van der Waals surface area contributed by atoms with Crippen LogP contribution in [0.4, 0.5) is 0 Å². The monoisotopic (exact) mass is 420 g/mol. The van der Waals surface area contributed by atoms with Crippen molar-refractivity contribution < 1.29 is 4.79 Å². The van der Waals surface area contributed by atoms with Crippen LogP contribution in [0.25, 0.3) is 17.1 Å². The third-order valence-electron chi connectivity index (χ3n) is 4.33. The van der Waals surface area contributed by atoms with E-state index < -0.39 is 0 Å². The van der Waals surface area contributed by atoms with Gasteiger partial charge in [-0.15, -0.1) is 10.2 Å². The second-order valence-electron chi connectivity index (χ2n) is 6.36. The molecule has 0 aliphatic heterocycles. The Morgan fingerprint density at radius 1 is 1.00 bits per heavy atom. The average Bonchev–Trinajstić information content (AvgIpc) is 3.43. The van der Waals surface area contributed by atoms with Gasteiger partial charge in [-0.3, -0.25) is 9.36 Å². The Morgan fingerprint density at radius 3 is 2.48 bits per heavy atom. The number of carbonyl (C=O) groups excluding carboxylic acids is 1. The summed E-state index contributed by atoms with van der Waals surface area (Å²) in [4.78, 5) is 12.3. The van der Waals surface area contributed by atoms with Gasteiger partial charge in [0.25, 0.3) is 0 Å². The van der Waals surface area contributed by atoms with Gasteiger partial charge in [0.05, 0.1) is 5.75 Å². The van der Waals surface area contributed by atoms with E-state index in [0.29, 0.717) is 17.5 Å². The van der Waals surface area contributed by atoms with Crippen LogP contribution < -0.4 is 5.32 Å². The Hall–Kier alpha value is -2.90. The quantitative estimate of drug-likeness (QED) is 0.428. The molecule has 0 radical (unpaired) electrons. The van der Waals surface area contributed by atoms with Crippen molar-refractivity contribution in [2.45, 2.75) is 11.6 Å². The molecular formula is C22H20N4OS2. The van der Waals surface area contributed by atoms with E-state index in [1.54, 1.807) is 11.3 Å². The largest absolute Gasteiger partial charge is 0.355 e. The summed E-state index contributed by atoms with van der Waals surface area (Å²) < 4.78 is 2.00. The first-order valence-corrected chi connectivity index (χ1v) is 11.2. The number of rotatable bonds is 8. The lowest BCUT2D eigenvalue weighted by Crippen LogP contribution is -2.27. The van der Waals surface area contributed by atoms with Crippen molar-refractivity contribution in [2.75, 3.05) is 12.3 Å². The van der Waals surface area contributed by atoms with E-state index >= 15 is 0 Å². The molecule has 1 N–H and O–H groups in total. The molecule has 5 nitrogen and oxygen atoms in total. The summed E-state index contributed by atoms with van der Waals surface area (Å²) in [7, 11) is 0. The number of nitrogens with one attached hydrogen (secondary N) is 1. The maximum atomic E-state index is 12.3. The Morgan fingerprint density at radius 2 is 1.76 bits per heavy atom. The van der Waals surface area contributed by atoms with Crippen LogP contribution in [0, 0.1) is 0 Å². The summed E-state index contributed by atoms with van der Waals surface area (Å²) in [6.45, 7) is 0.636. The van der Waals surface area contributed by atoms with Gasteiger partial charge in [-0.25, -0.2) is 0 Å². The Kier molecular flexibility index (Phi) is 6.38. The van der Waals surface area contributed by atoms with E-state index in [9.17, 15) is 4.79 Å². The van der Waals surface area contributed by atoms with Gasteiger partial charge in [-0.1, -0.05) is 60.3 Å². The van der Waals surface area contributed by atoms with E-state index in [-0.39, 0.29) is 5.91 Å². The normalized spacial score (nSPS) is 10.8. The minimum absolute atomic E-state index is 0.00546. The minimum atomic E-state index is -0.00546. The predicted molar refractivity (Wildman–Crippen MR) is 119 cm³/mol. The number of hydrogen-bond acceptors (Lipinski definition) is 5. The SMILES string of the molecule is O=C(CSc1nnc(-c2ccccc2)n1-c1ccccc1)NCCc1ccsc1. The van der Waals surface area contributed by atoms with Crippen molar-refractivity contribution in [1.29, 1.82) is 0 Å². The van der Waals surface area contributed by atoms with Crippen LogP contribution in [0.1, 0.15) is 5.56 Å². The maximum absolute atomic E-state index is 12.3. The molecule has 0 saturated carbocycles. The van der Waals surface area contributed by atoms with Crippen molar-refractivity contribution in [3.05, 3.63) is 83.1 Å². The molecule has 0 aliphatic rings. The molecule has 0 atom stereocenters. The number of thiophene rings is 1. The number of benzene rings is 2. The van der Waals surface area contributed by atoms with Crippen molar-refractivity contribution in [3.63, 3.8) is 0 Å². The standard InChI is InChI=1S/C22H20N4OS2/c27-20(23-13-11-17-12-14-28-15-17)16-29-22-25-24-21(18-7-3-1-4-8-18)26(22)19-9-5-2-6-10-19/h1-10,12,14-15H,11,13,16H2,(H,23,27). The van der Waals surface area contributed by atoms with Crippen LogP contribution >= 0.6 is 23.1 Å². The second kappa shape index (κ2) is 9.54. The maximum Gasteiger partial charge on any atom is 0.230 e. The molecule has 0 saturated heterocycles. The molecule has 4 aromatic rings. The highest BCUT2D eigenvalue weighted by atomic mass is 32.2. The van der Waals surface area contributed by atoms with E-state index in [1.807, 2.05) is 70.6 Å². The fraction of sp³-hybridized carbons (Fsp3) is 0.136. The van der Waals surface area contributed by atoms with Gasteiger partial charge in [-0.2, -0.15) is 11.3 Å². The summed E-state index contributed by atoms with van der Waals surface area (Å²) in [5.41, 5.74) is 3.20. The highest BCUT2D eigenvalue weighted by Gasteiger charge is 2.17. The summed E-state index contributed by atoms with van der Waals surface area (Å²) in [6, 6.07) is 22.0. The predicted octanol–water partition coefficient (Wildman–Crippen LogP) is 4.45. The molecule has 0 unspecified atom stereocenters. The van der Waals surface area contributed by atoms with Crippen molar-refractivity contribution in [2.24, 2.45) is 0 Å². The molecule has 0 aliphatic carbocycles. The van der Waals surface area contributed by atoms with Crippen LogP contribution in [0.15, 0.2) is 82.6 Å². The van der Waals surface area contributed by atoms with Gasteiger partial charge >= 0.3 is 0 Å². The average molecular weight is 421 g/mol. The smallest absolute Gasteiger partial charge is 0.230 e. The van der Waals surface area contributed by atoms with Gasteiger partial charge in [0.2, 0.25) is 5.91 Å². The molecule has 2 aromatic carbocycles. The van der Waals surface area contributed by atoms with Crippen LogP contribution in [0.3, 0.4) is 0 Å². The summed E-state index contributed by atoms with van der Waals surface area (Å²) in [5.74, 6) is 1.05. The van der Waals surface area contributed by atoms with Crippen LogP contribution in [0.5, 0.6) is 0 Å². The van der Waals surface area contributed by atoms with Crippen molar-refractivity contribution in [3.8, 4) is 17.1 Å². The topological polar surface area (TPSA) is 59.8 Å². The lowest BCUT2D eigenvalue weighted by Gasteiger charge is -2.10. The first-order valence-electron chi connectivity index (χ1n) is 9.28. The number of nitrogens with zero attached hydrogens (tertiary/aromatic N) is 3. The number of aromatic nitrogens is 3. The molecule has 2 heterocycles. The zero-order chi connectivity index (χ0) is 19.9. The van der Waals surface area contributed by atoms with Gasteiger partial charge < -0.3 is 5.32 Å². The van der Waals surface area contributed by atoms with Crippen molar-refractivity contribution in [1.82, 2.24) is 20.1 Å².